The maximum atomic E-state index is 12.0. The van der Waals surface area contributed by atoms with Crippen molar-refractivity contribution in [2.75, 3.05) is 33.9 Å². The molecule has 1 unspecified atom stereocenters. The first kappa shape index (κ1) is 18.4. The molecule has 9 heteroatoms. The fraction of sp³-hybridized carbons (Fsp3) is 0.667. The highest BCUT2D eigenvalue weighted by Gasteiger charge is 2.43. The van der Waals surface area contributed by atoms with Crippen molar-refractivity contribution in [1.29, 1.82) is 0 Å². The highest BCUT2D eigenvalue weighted by atomic mass is 16.5. The summed E-state index contributed by atoms with van der Waals surface area (Å²) < 4.78 is 10.3. The molecule has 2 rings (SSSR count). The molecule has 1 heterocycles. The topological polar surface area (TPSA) is 117 Å². The number of hydrogen-bond donors (Lipinski definition) is 3. The first-order valence-electron chi connectivity index (χ1n) is 7.75. The largest absolute Gasteiger partial charge is 0.390 e. The summed E-state index contributed by atoms with van der Waals surface area (Å²) in [6, 6.07) is -0.791. The van der Waals surface area contributed by atoms with Crippen LogP contribution in [0.3, 0.4) is 0 Å². The number of ether oxygens (including phenoxy) is 2. The van der Waals surface area contributed by atoms with E-state index in [0.717, 1.165) is 4.90 Å². The first-order chi connectivity index (χ1) is 11.5. The molecule has 2 aliphatic rings. The second-order valence-corrected chi connectivity index (χ2v) is 5.81. The predicted octanol–water partition coefficient (Wildman–Crippen LogP) is -1.38. The van der Waals surface area contributed by atoms with Gasteiger partial charge in [0, 0.05) is 45.4 Å². The molecule has 0 aromatic rings. The average Bonchev–Trinajstić information content (AvgIpc) is 3.01. The van der Waals surface area contributed by atoms with Crippen molar-refractivity contribution in [1.82, 2.24) is 15.5 Å². The van der Waals surface area contributed by atoms with E-state index < -0.39 is 18.2 Å². The number of rotatable bonds is 7. The van der Waals surface area contributed by atoms with Crippen molar-refractivity contribution in [3.8, 4) is 0 Å². The highest BCUT2D eigenvalue weighted by molar-refractivity contribution is 6.12. The summed E-state index contributed by atoms with van der Waals surface area (Å²) in [4.78, 5) is 35.8. The molecular weight excluding hydrogens is 318 g/mol. The van der Waals surface area contributed by atoms with Gasteiger partial charge in [-0.05, 0) is 6.42 Å². The smallest absolute Gasteiger partial charge is 0.315 e. The van der Waals surface area contributed by atoms with Gasteiger partial charge in [0.25, 0.3) is 11.8 Å². The summed E-state index contributed by atoms with van der Waals surface area (Å²) >= 11 is 0. The number of carbonyl (C=O) groups is 3. The van der Waals surface area contributed by atoms with Gasteiger partial charge in [0.1, 0.15) is 6.10 Å². The van der Waals surface area contributed by atoms with E-state index in [2.05, 4.69) is 10.6 Å². The number of methoxy groups -OCH3 is 2. The van der Waals surface area contributed by atoms with Crippen molar-refractivity contribution < 1.29 is 29.0 Å². The lowest BCUT2D eigenvalue weighted by molar-refractivity contribution is -0.136. The lowest BCUT2D eigenvalue weighted by Gasteiger charge is -2.22. The van der Waals surface area contributed by atoms with Gasteiger partial charge in [-0.1, -0.05) is 0 Å². The van der Waals surface area contributed by atoms with Crippen molar-refractivity contribution in [3.05, 3.63) is 12.2 Å². The number of aliphatic hydroxyl groups excluding tert-OH is 1. The molecule has 1 saturated carbocycles. The van der Waals surface area contributed by atoms with Crippen LogP contribution < -0.4 is 10.6 Å². The summed E-state index contributed by atoms with van der Waals surface area (Å²) in [6.07, 6.45) is 1.70. The summed E-state index contributed by atoms with van der Waals surface area (Å²) in [5.41, 5.74) is 0. The van der Waals surface area contributed by atoms with E-state index in [9.17, 15) is 19.5 Å². The third-order valence-corrected chi connectivity index (χ3v) is 4.26. The van der Waals surface area contributed by atoms with Gasteiger partial charge in [-0.15, -0.1) is 0 Å². The molecule has 4 amide bonds. The maximum absolute atomic E-state index is 12.0. The highest BCUT2D eigenvalue weighted by Crippen LogP contribution is 2.28. The molecule has 24 heavy (non-hydrogen) atoms. The first-order valence-corrected chi connectivity index (χ1v) is 7.75. The Kier molecular flexibility index (Phi) is 6.29. The monoisotopic (exact) mass is 341 g/mol. The molecule has 9 nitrogen and oxygen atoms in total. The molecule has 134 valence electrons. The Bertz CT molecular complexity index is 505. The molecular formula is C15H23N3O6. The third-order valence-electron chi connectivity index (χ3n) is 4.26. The molecule has 0 aromatic heterocycles. The Morgan fingerprint density at radius 1 is 1.33 bits per heavy atom. The fourth-order valence-corrected chi connectivity index (χ4v) is 3.08. The van der Waals surface area contributed by atoms with Gasteiger partial charge < -0.3 is 25.2 Å². The van der Waals surface area contributed by atoms with Gasteiger partial charge in [0.15, 0.2) is 0 Å². The van der Waals surface area contributed by atoms with Crippen molar-refractivity contribution in [2.45, 2.75) is 24.7 Å². The minimum Gasteiger partial charge on any atom is -0.390 e. The lowest BCUT2D eigenvalue weighted by atomic mass is 10.1. The van der Waals surface area contributed by atoms with Crippen LogP contribution in [0.5, 0.6) is 0 Å². The van der Waals surface area contributed by atoms with Gasteiger partial charge in [-0.25, -0.2) is 4.79 Å². The molecule has 4 atom stereocenters. The second-order valence-electron chi connectivity index (χ2n) is 5.81. The fourth-order valence-electron chi connectivity index (χ4n) is 3.08. The molecule has 0 radical (unpaired) electrons. The van der Waals surface area contributed by atoms with Crippen LogP contribution in [-0.2, 0) is 19.1 Å². The van der Waals surface area contributed by atoms with Gasteiger partial charge in [0.2, 0.25) is 0 Å². The van der Waals surface area contributed by atoms with E-state index in [1.165, 1.54) is 19.3 Å². The molecule has 1 aliphatic heterocycles. The summed E-state index contributed by atoms with van der Waals surface area (Å²) in [6.45, 7) is 0.623. The van der Waals surface area contributed by atoms with E-state index in [-0.39, 0.29) is 36.9 Å². The number of urea groups is 1. The van der Waals surface area contributed by atoms with Crippen LogP contribution in [-0.4, -0.2) is 80.0 Å². The number of aliphatic hydroxyl groups is 1. The quantitative estimate of drug-likeness (QED) is 0.492. The van der Waals surface area contributed by atoms with Crippen LogP contribution in [0.25, 0.3) is 0 Å². The van der Waals surface area contributed by atoms with Crippen molar-refractivity contribution >= 4 is 17.8 Å². The van der Waals surface area contributed by atoms with Crippen molar-refractivity contribution in [2.24, 2.45) is 5.92 Å². The average molecular weight is 341 g/mol. The molecule has 1 aliphatic carbocycles. The zero-order chi connectivity index (χ0) is 17.7. The molecule has 3 N–H and O–H groups in total. The van der Waals surface area contributed by atoms with Gasteiger partial charge >= 0.3 is 6.03 Å². The van der Waals surface area contributed by atoms with Crippen LogP contribution in [0.15, 0.2) is 12.2 Å². The Morgan fingerprint density at radius 3 is 2.58 bits per heavy atom. The Hall–Kier alpha value is -1.97. The van der Waals surface area contributed by atoms with Crippen molar-refractivity contribution in [3.63, 3.8) is 0 Å². The molecule has 0 aromatic carbocycles. The SMILES string of the molecule is COC[C@H]1C[C@@H](NC(=O)NCCN2C(=O)C=CC2=O)C(OC)[C@H]1O. The van der Waals surface area contributed by atoms with Gasteiger partial charge in [-0.2, -0.15) is 0 Å². The summed E-state index contributed by atoms with van der Waals surface area (Å²) in [7, 11) is 3.03. The normalized spacial score (nSPS) is 29.4. The number of hydrogen-bond acceptors (Lipinski definition) is 6. The van der Waals surface area contributed by atoms with E-state index >= 15 is 0 Å². The molecule has 0 spiro atoms. The lowest BCUT2D eigenvalue weighted by Crippen LogP contribution is -2.49. The number of amides is 4. The molecule has 1 fully saturated rings. The number of nitrogens with zero attached hydrogens (tertiary/aromatic N) is 1. The van der Waals surface area contributed by atoms with E-state index in [1.807, 2.05) is 0 Å². The Labute approximate surface area is 140 Å². The minimum atomic E-state index is -0.717. The van der Waals surface area contributed by atoms with Crippen LogP contribution in [0.1, 0.15) is 6.42 Å². The van der Waals surface area contributed by atoms with E-state index in [4.69, 9.17) is 9.47 Å². The van der Waals surface area contributed by atoms with Crippen LogP contribution in [0, 0.1) is 5.92 Å². The van der Waals surface area contributed by atoms with Gasteiger partial charge in [-0.3, -0.25) is 14.5 Å². The van der Waals surface area contributed by atoms with Gasteiger partial charge in [0.05, 0.1) is 18.8 Å². The third kappa shape index (κ3) is 4.11. The van der Waals surface area contributed by atoms with Crippen LogP contribution in [0.2, 0.25) is 0 Å². The zero-order valence-electron chi connectivity index (χ0n) is 13.7. The van der Waals surface area contributed by atoms with Crippen LogP contribution in [0.4, 0.5) is 4.79 Å². The maximum Gasteiger partial charge on any atom is 0.315 e. The standard InChI is InChI=1S/C15H23N3O6/c1-23-8-9-7-10(14(24-2)13(9)21)17-15(22)16-5-6-18-11(19)3-4-12(18)20/h3-4,9-10,13-14,21H,5-8H2,1-2H3,(H2,16,17,22)/t9-,10-,13+,14?/m1/s1. The predicted molar refractivity (Wildman–Crippen MR) is 83.0 cm³/mol. The Morgan fingerprint density at radius 2 is 2.00 bits per heavy atom. The van der Waals surface area contributed by atoms with E-state index in [0.29, 0.717) is 13.0 Å². The number of carbonyl (C=O) groups excluding carboxylic acids is 3. The number of nitrogens with one attached hydrogen (secondary N) is 2. The minimum absolute atomic E-state index is 0.103. The summed E-state index contributed by atoms with van der Waals surface area (Å²) in [5.74, 6) is -0.887. The Balaban J connectivity index is 1.77. The van der Waals surface area contributed by atoms with E-state index in [1.54, 1.807) is 7.11 Å². The molecule has 0 bridgehead atoms. The second kappa shape index (κ2) is 8.22. The molecule has 0 saturated heterocycles. The number of imide groups is 1. The zero-order valence-corrected chi connectivity index (χ0v) is 13.7. The van der Waals surface area contributed by atoms with Crippen LogP contribution >= 0.6 is 0 Å². The summed E-state index contributed by atoms with van der Waals surface area (Å²) in [5, 5.41) is 15.5.